The van der Waals surface area contributed by atoms with E-state index in [9.17, 15) is 18.4 Å². The Balaban J connectivity index is 1.79. The van der Waals surface area contributed by atoms with Gasteiger partial charge in [0.05, 0.1) is 11.1 Å². The maximum Gasteiger partial charge on any atom is 0.416 e. The normalized spacial score (nSPS) is 18.2. The Hall–Kier alpha value is -3.34. The van der Waals surface area contributed by atoms with Crippen LogP contribution in [0.4, 0.5) is 13.2 Å². The van der Waals surface area contributed by atoms with Crippen LogP contribution in [0.15, 0.2) is 90.5 Å². The van der Waals surface area contributed by atoms with E-state index in [0.717, 1.165) is 33.6 Å². The van der Waals surface area contributed by atoms with Crippen molar-refractivity contribution >= 4 is 11.8 Å². The Morgan fingerprint density at radius 3 is 1.93 bits per heavy atom. The number of nitrogens with zero attached hydrogens (tertiary/aromatic N) is 1. The van der Waals surface area contributed by atoms with E-state index in [2.05, 4.69) is 0 Å². The van der Waals surface area contributed by atoms with Gasteiger partial charge < -0.3 is 5.21 Å². The van der Waals surface area contributed by atoms with Crippen LogP contribution in [-0.2, 0) is 6.18 Å². The van der Waals surface area contributed by atoms with Gasteiger partial charge in [0.15, 0.2) is 0 Å². The van der Waals surface area contributed by atoms with E-state index in [1.54, 1.807) is 0 Å². The smallest absolute Gasteiger partial charge is 0.416 e. The minimum atomic E-state index is -4.40. The van der Waals surface area contributed by atoms with Crippen LogP contribution in [-0.4, -0.2) is 10.5 Å². The minimum absolute atomic E-state index is 0.532. The summed E-state index contributed by atoms with van der Waals surface area (Å²) in [5.74, 6) is 0. The van der Waals surface area contributed by atoms with Crippen LogP contribution in [0.3, 0.4) is 0 Å². The van der Waals surface area contributed by atoms with E-state index in [0.29, 0.717) is 11.3 Å². The van der Waals surface area contributed by atoms with Gasteiger partial charge in [0.2, 0.25) is 11.8 Å². The monoisotopic (exact) mass is 379 g/mol. The summed E-state index contributed by atoms with van der Waals surface area (Å²) in [5, 5.41) is 12.9. The first-order chi connectivity index (χ1) is 13.4. The fraction of sp³-hybridized carbons (Fsp3) is 0.0870. The molecule has 5 heteroatoms. The maximum atomic E-state index is 12.9. The lowest BCUT2D eigenvalue weighted by Gasteiger charge is -2.31. The molecule has 0 fully saturated rings. The van der Waals surface area contributed by atoms with Gasteiger partial charge in [0, 0.05) is 11.1 Å². The minimum Gasteiger partial charge on any atom is -0.623 e. The summed E-state index contributed by atoms with van der Waals surface area (Å²) in [6.07, 6.45) is -2.49. The van der Waals surface area contributed by atoms with Crippen LogP contribution in [0, 0.1) is 5.21 Å². The molecule has 0 saturated carbocycles. The third-order valence-electron chi connectivity index (χ3n) is 4.75. The lowest BCUT2D eigenvalue weighted by atomic mass is 9.84. The topological polar surface area (TPSA) is 26.1 Å². The molecule has 0 saturated heterocycles. The standard InChI is InChI=1S/C23H16F3NO/c24-23(25,26)19-13-11-18(12-14-19)22-20(15-16-7-3-1-4-8-16)21(27(22)28)17-9-5-2-6-10-17/h1-15,22H. The molecule has 0 spiro atoms. The predicted octanol–water partition coefficient (Wildman–Crippen LogP) is 5.84. The van der Waals surface area contributed by atoms with Gasteiger partial charge in [-0.15, -0.1) is 0 Å². The van der Waals surface area contributed by atoms with Crippen LogP contribution < -0.4 is 0 Å². The van der Waals surface area contributed by atoms with Gasteiger partial charge >= 0.3 is 6.18 Å². The largest absolute Gasteiger partial charge is 0.623 e. The van der Waals surface area contributed by atoms with Crippen LogP contribution in [0.2, 0.25) is 0 Å². The van der Waals surface area contributed by atoms with Crippen molar-refractivity contribution in [3.05, 3.63) is 118 Å². The van der Waals surface area contributed by atoms with Crippen LogP contribution >= 0.6 is 0 Å². The Bertz CT molecular complexity index is 1040. The zero-order valence-corrected chi connectivity index (χ0v) is 14.7. The summed E-state index contributed by atoms with van der Waals surface area (Å²) in [6.45, 7) is 0. The number of rotatable bonds is 3. The average Bonchev–Trinajstić information content (AvgIpc) is 2.69. The number of alkyl halides is 3. The molecule has 1 aliphatic heterocycles. The number of halogens is 3. The van der Waals surface area contributed by atoms with Gasteiger partial charge in [-0.05, 0) is 35.9 Å². The predicted molar refractivity (Wildman–Crippen MR) is 103 cm³/mol. The van der Waals surface area contributed by atoms with E-state index in [4.69, 9.17) is 0 Å². The quantitative estimate of drug-likeness (QED) is 0.414. The molecule has 140 valence electrons. The molecule has 4 rings (SSSR count). The van der Waals surface area contributed by atoms with E-state index in [1.165, 1.54) is 12.1 Å². The van der Waals surface area contributed by atoms with Gasteiger partial charge in [-0.3, -0.25) is 0 Å². The van der Waals surface area contributed by atoms with Gasteiger partial charge in [-0.1, -0.05) is 60.7 Å². The van der Waals surface area contributed by atoms with E-state index in [-0.39, 0.29) is 0 Å². The van der Waals surface area contributed by atoms with Crippen molar-refractivity contribution in [3.8, 4) is 0 Å². The highest BCUT2D eigenvalue weighted by molar-refractivity contribution is 6.15. The zero-order valence-electron chi connectivity index (χ0n) is 14.7. The highest BCUT2D eigenvalue weighted by Crippen LogP contribution is 2.39. The van der Waals surface area contributed by atoms with Crippen molar-refractivity contribution in [1.82, 2.24) is 0 Å². The summed E-state index contributed by atoms with van der Waals surface area (Å²) in [5.41, 5.74) is 2.83. The van der Waals surface area contributed by atoms with Crippen molar-refractivity contribution < 1.29 is 17.9 Å². The van der Waals surface area contributed by atoms with E-state index >= 15 is 0 Å². The molecule has 1 atom stereocenters. The first-order valence-electron chi connectivity index (χ1n) is 8.78. The second-order valence-corrected chi connectivity index (χ2v) is 6.57. The highest BCUT2D eigenvalue weighted by Gasteiger charge is 2.43. The summed E-state index contributed by atoms with van der Waals surface area (Å²) in [4.78, 5) is 0. The molecule has 0 bridgehead atoms. The Morgan fingerprint density at radius 2 is 1.36 bits per heavy atom. The fourth-order valence-corrected chi connectivity index (χ4v) is 3.38. The summed E-state index contributed by atoms with van der Waals surface area (Å²) >= 11 is 0. The molecular weight excluding hydrogens is 363 g/mol. The van der Waals surface area contributed by atoms with Crippen LogP contribution in [0.25, 0.3) is 6.08 Å². The van der Waals surface area contributed by atoms with Crippen molar-refractivity contribution in [3.63, 3.8) is 0 Å². The molecule has 0 aliphatic carbocycles. The lowest BCUT2D eigenvalue weighted by molar-refractivity contribution is -0.516. The number of hydrogen-bond acceptors (Lipinski definition) is 1. The highest BCUT2D eigenvalue weighted by atomic mass is 19.4. The molecule has 2 nitrogen and oxygen atoms in total. The van der Waals surface area contributed by atoms with Crippen molar-refractivity contribution in [2.45, 2.75) is 12.2 Å². The Kier molecular flexibility index (Phi) is 4.51. The Morgan fingerprint density at radius 1 is 0.786 bits per heavy atom. The fourth-order valence-electron chi connectivity index (χ4n) is 3.38. The second kappa shape index (κ2) is 7.00. The summed E-state index contributed by atoms with van der Waals surface area (Å²) < 4.78 is 39.4. The number of hydrogen-bond donors (Lipinski definition) is 0. The molecule has 3 aromatic rings. The lowest BCUT2D eigenvalue weighted by Crippen LogP contribution is -2.37. The molecule has 3 aromatic carbocycles. The first-order valence-corrected chi connectivity index (χ1v) is 8.78. The molecule has 0 radical (unpaired) electrons. The molecule has 1 aliphatic rings. The number of hydroxylamine groups is 1. The van der Waals surface area contributed by atoms with Crippen molar-refractivity contribution in [2.24, 2.45) is 0 Å². The maximum absolute atomic E-state index is 12.9. The third kappa shape index (κ3) is 3.31. The second-order valence-electron chi connectivity index (χ2n) is 6.57. The van der Waals surface area contributed by atoms with E-state index in [1.807, 2.05) is 66.7 Å². The Labute approximate surface area is 160 Å². The molecule has 0 N–H and O–H groups in total. The van der Waals surface area contributed by atoms with Crippen LogP contribution in [0.1, 0.15) is 28.3 Å². The third-order valence-corrected chi connectivity index (χ3v) is 4.75. The molecule has 28 heavy (non-hydrogen) atoms. The van der Waals surface area contributed by atoms with Crippen LogP contribution in [0.5, 0.6) is 0 Å². The molecule has 1 heterocycles. The SMILES string of the molecule is [O-][N+]1=C(c2ccccc2)C(=Cc2ccccc2)C1c1ccc(C(F)(F)F)cc1. The molecule has 0 aromatic heterocycles. The number of benzene rings is 3. The average molecular weight is 379 g/mol. The van der Waals surface area contributed by atoms with E-state index < -0.39 is 17.8 Å². The summed E-state index contributed by atoms with van der Waals surface area (Å²) in [6, 6.07) is 22.9. The summed E-state index contributed by atoms with van der Waals surface area (Å²) in [7, 11) is 0. The molecular formula is C23H16F3NO. The molecule has 0 amide bonds. The van der Waals surface area contributed by atoms with Crippen molar-refractivity contribution in [1.29, 1.82) is 0 Å². The van der Waals surface area contributed by atoms with Gasteiger partial charge in [-0.2, -0.15) is 17.9 Å². The van der Waals surface area contributed by atoms with Crippen molar-refractivity contribution in [2.75, 3.05) is 0 Å². The zero-order chi connectivity index (χ0) is 19.7. The van der Waals surface area contributed by atoms with Gasteiger partial charge in [0.1, 0.15) is 0 Å². The first kappa shape index (κ1) is 18.0. The van der Waals surface area contributed by atoms with Gasteiger partial charge in [-0.25, -0.2) is 0 Å². The van der Waals surface area contributed by atoms with Gasteiger partial charge in [0.25, 0.3) is 0 Å². The molecule has 1 unspecified atom stereocenters.